The van der Waals surface area contributed by atoms with Crippen LogP contribution in [0, 0.1) is 6.92 Å². The fourth-order valence-corrected chi connectivity index (χ4v) is 3.09. The van der Waals surface area contributed by atoms with E-state index >= 15 is 0 Å². The maximum atomic E-state index is 12.6. The molecule has 2 aromatic carbocycles. The van der Waals surface area contributed by atoms with E-state index in [0.717, 1.165) is 22.4 Å². The number of benzene rings is 2. The molecular formula is C23H31NO5. The Bertz CT molecular complexity index is 847. The molecule has 2 rings (SSSR count). The van der Waals surface area contributed by atoms with Crippen molar-refractivity contribution < 1.29 is 23.7 Å². The van der Waals surface area contributed by atoms with Gasteiger partial charge in [-0.15, -0.1) is 0 Å². The standard InChI is InChI=1S/C23H31NO5/c1-14(2)18-10-8-15(3)12-20(18)29-16(4)23(25)24-13-17-9-11-19(26-5)22(28-7)21(17)27-6/h8-12,14,16H,13H2,1-7H3,(H,24,25). The Morgan fingerprint density at radius 2 is 1.62 bits per heavy atom. The minimum absolute atomic E-state index is 0.210. The zero-order valence-corrected chi connectivity index (χ0v) is 18.3. The van der Waals surface area contributed by atoms with Gasteiger partial charge in [0.15, 0.2) is 17.6 Å². The van der Waals surface area contributed by atoms with Gasteiger partial charge in [0.1, 0.15) is 5.75 Å². The lowest BCUT2D eigenvalue weighted by Gasteiger charge is -2.20. The molecule has 0 spiro atoms. The lowest BCUT2D eigenvalue weighted by atomic mass is 10.0. The largest absolute Gasteiger partial charge is 0.493 e. The number of carbonyl (C=O) groups excluding carboxylic acids is 1. The minimum Gasteiger partial charge on any atom is -0.493 e. The number of amides is 1. The smallest absolute Gasteiger partial charge is 0.261 e. The Kier molecular flexibility index (Phi) is 7.76. The fourth-order valence-electron chi connectivity index (χ4n) is 3.09. The number of aryl methyl sites for hydroxylation is 1. The maximum Gasteiger partial charge on any atom is 0.261 e. The predicted octanol–water partition coefficient (Wildman–Crippen LogP) is 4.23. The monoisotopic (exact) mass is 401 g/mol. The molecule has 0 heterocycles. The number of hydrogen-bond donors (Lipinski definition) is 1. The van der Waals surface area contributed by atoms with Gasteiger partial charge in [0.25, 0.3) is 5.91 Å². The molecule has 1 atom stereocenters. The molecule has 0 saturated heterocycles. The van der Waals surface area contributed by atoms with Crippen molar-refractivity contribution in [3.63, 3.8) is 0 Å². The fraction of sp³-hybridized carbons (Fsp3) is 0.435. The summed E-state index contributed by atoms with van der Waals surface area (Å²) in [6, 6.07) is 9.69. The van der Waals surface area contributed by atoms with Gasteiger partial charge in [-0.2, -0.15) is 0 Å². The number of rotatable bonds is 9. The first-order chi connectivity index (χ1) is 13.8. The van der Waals surface area contributed by atoms with Gasteiger partial charge in [-0.05, 0) is 49.1 Å². The first kappa shape index (κ1) is 22.4. The Labute approximate surface area is 173 Å². The summed E-state index contributed by atoms with van der Waals surface area (Å²) in [5.74, 6) is 2.42. The topological polar surface area (TPSA) is 66.0 Å². The van der Waals surface area contributed by atoms with E-state index in [1.165, 1.54) is 0 Å². The van der Waals surface area contributed by atoms with Crippen LogP contribution < -0.4 is 24.3 Å². The van der Waals surface area contributed by atoms with Gasteiger partial charge >= 0.3 is 0 Å². The number of carbonyl (C=O) groups is 1. The van der Waals surface area contributed by atoms with Crippen LogP contribution in [0.1, 0.15) is 43.4 Å². The molecule has 0 aliphatic rings. The normalized spacial score (nSPS) is 11.7. The molecular weight excluding hydrogens is 370 g/mol. The molecule has 0 aromatic heterocycles. The molecule has 0 bridgehead atoms. The van der Waals surface area contributed by atoms with Crippen molar-refractivity contribution >= 4 is 5.91 Å². The van der Waals surface area contributed by atoms with E-state index in [-0.39, 0.29) is 12.5 Å². The summed E-state index contributed by atoms with van der Waals surface area (Å²) in [7, 11) is 4.67. The van der Waals surface area contributed by atoms with Gasteiger partial charge in [0.05, 0.1) is 21.3 Å². The van der Waals surface area contributed by atoms with E-state index in [9.17, 15) is 4.79 Å². The average Bonchev–Trinajstić information content (AvgIpc) is 2.70. The summed E-state index contributed by atoms with van der Waals surface area (Å²) in [4.78, 5) is 12.6. The van der Waals surface area contributed by atoms with Crippen LogP contribution in [0.15, 0.2) is 30.3 Å². The van der Waals surface area contributed by atoms with E-state index in [0.29, 0.717) is 23.2 Å². The highest BCUT2D eigenvalue weighted by Crippen LogP contribution is 2.39. The van der Waals surface area contributed by atoms with Crippen LogP contribution in [-0.2, 0) is 11.3 Å². The predicted molar refractivity (Wildman–Crippen MR) is 113 cm³/mol. The highest BCUT2D eigenvalue weighted by atomic mass is 16.5. The maximum absolute atomic E-state index is 12.6. The Hall–Kier alpha value is -2.89. The Morgan fingerprint density at radius 1 is 0.931 bits per heavy atom. The third kappa shape index (κ3) is 5.34. The number of hydrogen-bond acceptors (Lipinski definition) is 5. The zero-order chi connectivity index (χ0) is 21.6. The summed E-state index contributed by atoms with van der Waals surface area (Å²) >= 11 is 0. The molecule has 6 nitrogen and oxygen atoms in total. The molecule has 0 radical (unpaired) electrons. The summed E-state index contributed by atoms with van der Waals surface area (Å²) in [6.07, 6.45) is -0.638. The van der Waals surface area contributed by atoms with E-state index in [4.69, 9.17) is 18.9 Å². The number of methoxy groups -OCH3 is 3. The van der Waals surface area contributed by atoms with Gasteiger partial charge in [-0.25, -0.2) is 0 Å². The van der Waals surface area contributed by atoms with Crippen LogP contribution in [0.25, 0.3) is 0 Å². The van der Waals surface area contributed by atoms with Crippen LogP contribution in [-0.4, -0.2) is 33.3 Å². The van der Waals surface area contributed by atoms with Gasteiger partial charge in [0.2, 0.25) is 5.75 Å². The third-order valence-electron chi connectivity index (χ3n) is 4.70. The van der Waals surface area contributed by atoms with Gasteiger partial charge in [-0.1, -0.05) is 26.0 Å². The SMILES string of the molecule is COc1ccc(CNC(=O)C(C)Oc2cc(C)ccc2C(C)C)c(OC)c1OC. The van der Waals surface area contributed by atoms with Crippen LogP contribution in [0.3, 0.4) is 0 Å². The van der Waals surface area contributed by atoms with Crippen LogP contribution in [0.4, 0.5) is 0 Å². The molecule has 0 aliphatic heterocycles. The second kappa shape index (κ2) is 10.0. The highest BCUT2D eigenvalue weighted by Gasteiger charge is 2.20. The Balaban J connectivity index is 2.11. The molecule has 29 heavy (non-hydrogen) atoms. The molecule has 0 fully saturated rings. The van der Waals surface area contributed by atoms with Crippen LogP contribution in [0.2, 0.25) is 0 Å². The molecule has 1 unspecified atom stereocenters. The molecule has 2 aromatic rings. The van der Waals surface area contributed by atoms with Crippen molar-refractivity contribution in [2.45, 2.75) is 46.3 Å². The van der Waals surface area contributed by atoms with Crippen molar-refractivity contribution in [1.29, 1.82) is 0 Å². The molecule has 158 valence electrons. The summed E-state index contributed by atoms with van der Waals surface area (Å²) in [5.41, 5.74) is 2.95. The second-order valence-corrected chi connectivity index (χ2v) is 7.17. The highest BCUT2D eigenvalue weighted by molar-refractivity contribution is 5.80. The van der Waals surface area contributed by atoms with E-state index in [1.807, 2.05) is 19.1 Å². The second-order valence-electron chi connectivity index (χ2n) is 7.17. The van der Waals surface area contributed by atoms with Gasteiger partial charge in [0, 0.05) is 12.1 Å². The van der Waals surface area contributed by atoms with Crippen molar-refractivity contribution in [2.75, 3.05) is 21.3 Å². The van der Waals surface area contributed by atoms with Crippen molar-refractivity contribution in [2.24, 2.45) is 0 Å². The molecule has 0 saturated carbocycles. The van der Waals surface area contributed by atoms with Crippen molar-refractivity contribution in [1.82, 2.24) is 5.32 Å². The first-order valence-corrected chi connectivity index (χ1v) is 9.65. The lowest BCUT2D eigenvalue weighted by Crippen LogP contribution is -2.36. The van der Waals surface area contributed by atoms with E-state index in [2.05, 4.69) is 31.3 Å². The van der Waals surface area contributed by atoms with Crippen LogP contribution in [0.5, 0.6) is 23.0 Å². The van der Waals surface area contributed by atoms with Crippen molar-refractivity contribution in [3.8, 4) is 23.0 Å². The van der Waals surface area contributed by atoms with E-state index in [1.54, 1.807) is 34.3 Å². The van der Waals surface area contributed by atoms with Crippen molar-refractivity contribution in [3.05, 3.63) is 47.0 Å². The third-order valence-corrected chi connectivity index (χ3v) is 4.70. The lowest BCUT2D eigenvalue weighted by molar-refractivity contribution is -0.127. The average molecular weight is 402 g/mol. The van der Waals surface area contributed by atoms with Crippen LogP contribution >= 0.6 is 0 Å². The molecule has 0 aliphatic carbocycles. The number of ether oxygens (including phenoxy) is 4. The van der Waals surface area contributed by atoms with Gasteiger partial charge in [-0.3, -0.25) is 4.79 Å². The molecule has 1 N–H and O–H groups in total. The number of nitrogens with one attached hydrogen (secondary N) is 1. The molecule has 1 amide bonds. The zero-order valence-electron chi connectivity index (χ0n) is 18.3. The minimum atomic E-state index is -0.638. The quantitative estimate of drug-likeness (QED) is 0.681. The summed E-state index contributed by atoms with van der Waals surface area (Å²) in [5, 5.41) is 2.91. The van der Waals surface area contributed by atoms with E-state index < -0.39 is 6.10 Å². The summed E-state index contributed by atoms with van der Waals surface area (Å²) in [6.45, 7) is 8.23. The van der Waals surface area contributed by atoms with Gasteiger partial charge < -0.3 is 24.3 Å². The summed E-state index contributed by atoms with van der Waals surface area (Å²) < 4.78 is 22.1. The Morgan fingerprint density at radius 3 is 2.21 bits per heavy atom. The first-order valence-electron chi connectivity index (χ1n) is 9.65. The molecule has 6 heteroatoms.